The minimum atomic E-state index is -0.380. The van der Waals surface area contributed by atoms with Gasteiger partial charge in [-0.25, -0.2) is 9.78 Å². The van der Waals surface area contributed by atoms with E-state index in [-0.39, 0.29) is 17.9 Å². The van der Waals surface area contributed by atoms with Crippen LogP contribution in [0, 0.1) is 12.8 Å². The number of nitrogens with zero attached hydrogens (tertiary/aromatic N) is 1. The molecule has 1 fully saturated rings. The molecule has 30 heavy (non-hydrogen) atoms. The molecular weight excluding hydrogens is 382 g/mol. The van der Waals surface area contributed by atoms with E-state index in [1.165, 1.54) is 0 Å². The van der Waals surface area contributed by atoms with Gasteiger partial charge < -0.3 is 14.8 Å². The first-order valence-electron chi connectivity index (χ1n) is 10.4. The van der Waals surface area contributed by atoms with Crippen LogP contribution < -0.4 is 15.4 Å². The first-order valence-corrected chi connectivity index (χ1v) is 10.4. The summed E-state index contributed by atoms with van der Waals surface area (Å²) in [5, 5.41) is 5.55. The Hall–Kier alpha value is -3.09. The van der Waals surface area contributed by atoms with Gasteiger partial charge in [-0.05, 0) is 74.8 Å². The Labute approximate surface area is 177 Å². The molecule has 0 spiro atoms. The molecule has 7 nitrogen and oxygen atoms in total. The topological polar surface area (TPSA) is 89.5 Å². The van der Waals surface area contributed by atoms with Gasteiger partial charge in [0.15, 0.2) is 0 Å². The number of esters is 1. The number of aromatic nitrogens is 1. The molecule has 2 N–H and O–H groups in total. The standard InChI is InChI=1S/C23H29N3O4/c1-4-30-22(27)17-8-6-16(7-9-17)18-10-12-21(24-14-18)26-23(28)25-19-13-15(2)5-11-20(19)29-3/h5,10-14,16-17H,4,6-9H2,1-3H3,(H2,24,25,26,28)/t16-,17-. The molecule has 2 aromatic rings. The average Bonchev–Trinajstić information content (AvgIpc) is 2.75. The molecule has 1 aliphatic carbocycles. The minimum Gasteiger partial charge on any atom is -0.495 e. The van der Waals surface area contributed by atoms with Crippen molar-refractivity contribution in [3.05, 3.63) is 47.7 Å². The number of hydrogen-bond acceptors (Lipinski definition) is 5. The molecule has 0 saturated heterocycles. The fraction of sp³-hybridized carbons (Fsp3) is 0.435. The van der Waals surface area contributed by atoms with E-state index in [2.05, 4.69) is 15.6 Å². The van der Waals surface area contributed by atoms with Gasteiger partial charge in [-0.1, -0.05) is 12.1 Å². The third kappa shape index (κ3) is 5.49. The maximum absolute atomic E-state index is 12.3. The zero-order valence-electron chi connectivity index (χ0n) is 17.7. The third-order valence-electron chi connectivity index (χ3n) is 5.45. The van der Waals surface area contributed by atoms with Crippen LogP contribution in [0.25, 0.3) is 0 Å². The Bertz CT molecular complexity index is 875. The number of pyridine rings is 1. The van der Waals surface area contributed by atoms with E-state index in [0.29, 0.717) is 29.8 Å². The van der Waals surface area contributed by atoms with Gasteiger partial charge in [0, 0.05) is 6.20 Å². The number of rotatable bonds is 6. The van der Waals surface area contributed by atoms with E-state index in [0.717, 1.165) is 36.8 Å². The highest BCUT2D eigenvalue weighted by molar-refractivity contribution is 6.00. The van der Waals surface area contributed by atoms with Crippen molar-refractivity contribution in [3.8, 4) is 5.75 Å². The highest BCUT2D eigenvalue weighted by Crippen LogP contribution is 2.36. The van der Waals surface area contributed by atoms with Crippen LogP contribution in [0.2, 0.25) is 0 Å². The molecule has 160 valence electrons. The number of methoxy groups -OCH3 is 1. The molecular formula is C23H29N3O4. The van der Waals surface area contributed by atoms with Gasteiger partial charge in [-0.2, -0.15) is 0 Å². The molecule has 1 aromatic heterocycles. The molecule has 1 aromatic carbocycles. The van der Waals surface area contributed by atoms with Crippen molar-refractivity contribution in [3.63, 3.8) is 0 Å². The number of carbonyl (C=O) groups is 2. The number of amides is 2. The second kappa shape index (κ2) is 10.1. The summed E-state index contributed by atoms with van der Waals surface area (Å²) >= 11 is 0. The van der Waals surface area contributed by atoms with E-state index >= 15 is 0 Å². The summed E-state index contributed by atoms with van der Waals surface area (Å²) in [5.74, 6) is 1.38. The Kier molecular flexibility index (Phi) is 7.27. The Balaban J connectivity index is 1.54. The van der Waals surface area contributed by atoms with E-state index in [1.54, 1.807) is 19.4 Å². The van der Waals surface area contributed by atoms with Gasteiger partial charge in [0.2, 0.25) is 0 Å². The molecule has 0 unspecified atom stereocenters. The van der Waals surface area contributed by atoms with E-state index in [9.17, 15) is 9.59 Å². The van der Waals surface area contributed by atoms with Crippen LogP contribution in [-0.2, 0) is 9.53 Å². The monoisotopic (exact) mass is 411 g/mol. The van der Waals surface area contributed by atoms with Crippen LogP contribution >= 0.6 is 0 Å². The fourth-order valence-corrected chi connectivity index (χ4v) is 3.83. The largest absolute Gasteiger partial charge is 0.495 e. The van der Waals surface area contributed by atoms with Crippen LogP contribution in [-0.4, -0.2) is 30.7 Å². The molecule has 0 atom stereocenters. The van der Waals surface area contributed by atoms with Crippen LogP contribution in [0.1, 0.15) is 49.7 Å². The van der Waals surface area contributed by atoms with Crippen LogP contribution in [0.3, 0.4) is 0 Å². The molecule has 0 aliphatic heterocycles. The third-order valence-corrected chi connectivity index (χ3v) is 5.45. The number of ether oxygens (including phenoxy) is 2. The predicted octanol–water partition coefficient (Wildman–Crippen LogP) is 4.88. The molecule has 0 bridgehead atoms. The number of hydrogen-bond donors (Lipinski definition) is 2. The number of benzene rings is 1. The van der Waals surface area contributed by atoms with E-state index in [4.69, 9.17) is 9.47 Å². The lowest BCUT2D eigenvalue weighted by molar-refractivity contribution is -0.149. The van der Waals surface area contributed by atoms with Gasteiger partial charge in [-0.15, -0.1) is 0 Å². The quantitative estimate of drug-likeness (QED) is 0.661. The average molecular weight is 412 g/mol. The zero-order chi connectivity index (χ0) is 21.5. The number of aryl methyl sites for hydroxylation is 1. The van der Waals surface area contributed by atoms with Gasteiger partial charge in [0.05, 0.1) is 25.3 Å². The summed E-state index contributed by atoms with van der Waals surface area (Å²) in [7, 11) is 1.56. The van der Waals surface area contributed by atoms with Crippen molar-refractivity contribution < 1.29 is 19.1 Å². The second-order valence-corrected chi connectivity index (χ2v) is 7.56. The fourth-order valence-electron chi connectivity index (χ4n) is 3.83. The lowest BCUT2D eigenvalue weighted by Gasteiger charge is -2.27. The summed E-state index contributed by atoms with van der Waals surface area (Å²) in [6, 6.07) is 9.00. The second-order valence-electron chi connectivity index (χ2n) is 7.56. The number of urea groups is 1. The Morgan fingerprint density at radius 1 is 1.10 bits per heavy atom. The molecule has 1 aliphatic rings. The van der Waals surface area contributed by atoms with Crippen molar-refractivity contribution >= 4 is 23.5 Å². The number of anilines is 2. The summed E-state index contributed by atoms with van der Waals surface area (Å²) < 4.78 is 10.4. The van der Waals surface area contributed by atoms with Crippen molar-refractivity contribution in [1.82, 2.24) is 4.98 Å². The summed E-state index contributed by atoms with van der Waals surface area (Å²) in [4.78, 5) is 28.6. The molecule has 1 heterocycles. The predicted molar refractivity (Wildman–Crippen MR) is 116 cm³/mol. The minimum absolute atomic E-state index is 0.0115. The van der Waals surface area contributed by atoms with Crippen molar-refractivity contribution in [2.24, 2.45) is 5.92 Å². The highest BCUT2D eigenvalue weighted by Gasteiger charge is 2.28. The molecule has 1 saturated carbocycles. The maximum Gasteiger partial charge on any atom is 0.324 e. The van der Waals surface area contributed by atoms with Crippen molar-refractivity contribution in [1.29, 1.82) is 0 Å². The van der Waals surface area contributed by atoms with Crippen molar-refractivity contribution in [2.75, 3.05) is 24.4 Å². The molecule has 7 heteroatoms. The summed E-state index contributed by atoms with van der Waals surface area (Å²) in [5.41, 5.74) is 2.75. The Morgan fingerprint density at radius 2 is 1.87 bits per heavy atom. The first-order chi connectivity index (χ1) is 14.5. The first kappa shape index (κ1) is 21.6. The molecule has 3 rings (SSSR count). The summed E-state index contributed by atoms with van der Waals surface area (Å²) in [6.07, 6.45) is 5.35. The molecule has 0 radical (unpaired) electrons. The lowest BCUT2D eigenvalue weighted by Crippen LogP contribution is -2.23. The lowest BCUT2D eigenvalue weighted by atomic mass is 9.79. The van der Waals surface area contributed by atoms with E-state index in [1.807, 2.05) is 38.1 Å². The van der Waals surface area contributed by atoms with Gasteiger partial charge in [-0.3, -0.25) is 10.1 Å². The highest BCUT2D eigenvalue weighted by atomic mass is 16.5. The van der Waals surface area contributed by atoms with Gasteiger partial charge >= 0.3 is 12.0 Å². The van der Waals surface area contributed by atoms with E-state index < -0.39 is 0 Å². The smallest absolute Gasteiger partial charge is 0.324 e. The van der Waals surface area contributed by atoms with Gasteiger partial charge in [0.25, 0.3) is 0 Å². The number of carbonyl (C=O) groups excluding carboxylic acids is 2. The summed E-state index contributed by atoms with van der Waals surface area (Å²) in [6.45, 7) is 4.22. The number of nitrogens with one attached hydrogen (secondary N) is 2. The van der Waals surface area contributed by atoms with Crippen LogP contribution in [0.5, 0.6) is 5.75 Å². The van der Waals surface area contributed by atoms with Gasteiger partial charge in [0.1, 0.15) is 11.6 Å². The zero-order valence-corrected chi connectivity index (χ0v) is 17.7. The maximum atomic E-state index is 12.3. The van der Waals surface area contributed by atoms with Crippen LogP contribution in [0.4, 0.5) is 16.3 Å². The van der Waals surface area contributed by atoms with Crippen LogP contribution in [0.15, 0.2) is 36.5 Å². The molecule has 2 amide bonds. The Morgan fingerprint density at radius 3 is 2.50 bits per heavy atom. The normalized spacial score (nSPS) is 18.4. The van der Waals surface area contributed by atoms with Crippen molar-refractivity contribution in [2.45, 2.75) is 45.4 Å². The SMILES string of the molecule is CCOC(=O)[C@H]1CC[C@H](c2ccc(NC(=O)Nc3cc(C)ccc3OC)nc2)CC1.